The SMILES string of the molecule is CCOC(=O)c1cn[nH]c1S(=O)(=O)N1CCCN(CC2CCCO2)CC1. The van der Waals surface area contributed by atoms with Crippen LogP contribution in [0.1, 0.15) is 36.5 Å². The number of sulfonamides is 1. The van der Waals surface area contributed by atoms with Crippen LogP contribution in [-0.4, -0.2) is 85.8 Å². The summed E-state index contributed by atoms with van der Waals surface area (Å²) in [6.45, 7) is 5.75. The first-order valence-corrected chi connectivity index (χ1v) is 10.5. The van der Waals surface area contributed by atoms with E-state index in [4.69, 9.17) is 9.47 Å². The van der Waals surface area contributed by atoms with Crippen LogP contribution in [0.3, 0.4) is 0 Å². The Kier molecular flexibility index (Phi) is 6.28. The first kappa shape index (κ1) is 19.3. The van der Waals surface area contributed by atoms with E-state index < -0.39 is 16.0 Å². The van der Waals surface area contributed by atoms with Gasteiger partial charge in [-0.3, -0.25) is 10.00 Å². The summed E-state index contributed by atoms with van der Waals surface area (Å²) in [5.74, 6) is -0.686. The number of carbonyl (C=O) groups excluding carboxylic acids is 1. The molecule has 0 spiro atoms. The second-order valence-corrected chi connectivity index (χ2v) is 8.40. The maximum absolute atomic E-state index is 13.0. The number of nitrogens with zero attached hydrogens (tertiary/aromatic N) is 3. The molecule has 0 aromatic carbocycles. The van der Waals surface area contributed by atoms with E-state index in [1.165, 1.54) is 10.5 Å². The van der Waals surface area contributed by atoms with Gasteiger partial charge in [-0.2, -0.15) is 9.40 Å². The van der Waals surface area contributed by atoms with Crippen LogP contribution in [0.15, 0.2) is 11.2 Å². The molecule has 2 aliphatic heterocycles. The van der Waals surface area contributed by atoms with E-state index in [2.05, 4.69) is 15.1 Å². The first-order chi connectivity index (χ1) is 12.5. The summed E-state index contributed by atoms with van der Waals surface area (Å²) in [5.41, 5.74) is -0.0488. The fourth-order valence-corrected chi connectivity index (χ4v) is 4.93. The van der Waals surface area contributed by atoms with Crippen molar-refractivity contribution >= 4 is 16.0 Å². The van der Waals surface area contributed by atoms with Gasteiger partial charge in [0, 0.05) is 32.8 Å². The Balaban J connectivity index is 1.68. The molecule has 0 bridgehead atoms. The Morgan fingerprint density at radius 2 is 2.19 bits per heavy atom. The number of ether oxygens (including phenoxy) is 2. The lowest BCUT2D eigenvalue weighted by Crippen LogP contribution is -2.38. The van der Waals surface area contributed by atoms with E-state index in [0.717, 1.165) is 39.0 Å². The second kappa shape index (κ2) is 8.47. The van der Waals surface area contributed by atoms with Gasteiger partial charge in [0.15, 0.2) is 5.03 Å². The molecular weight excluding hydrogens is 360 g/mol. The average Bonchev–Trinajstić information content (AvgIpc) is 3.24. The van der Waals surface area contributed by atoms with E-state index >= 15 is 0 Å². The Bertz CT molecular complexity index is 714. The van der Waals surface area contributed by atoms with Crippen LogP contribution >= 0.6 is 0 Å². The van der Waals surface area contributed by atoms with Crippen molar-refractivity contribution in [3.8, 4) is 0 Å². The monoisotopic (exact) mass is 386 g/mol. The summed E-state index contributed by atoms with van der Waals surface area (Å²) in [7, 11) is -3.83. The molecule has 1 aromatic heterocycles. The van der Waals surface area contributed by atoms with Crippen LogP contribution in [-0.2, 0) is 19.5 Å². The van der Waals surface area contributed by atoms with E-state index in [-0.39, 0.29) is 23.3 Å². The van der Waals surface area contributed by atoms with Gasteiger partial charge in [-0.05, 0) is 32.7 Å². The summed E-state index contributed by atoms with van der Waals surface area (Å²) < 4.78 is 38.0. The molecule has 2 aliphatic rings. The molecule has 3 rings (SSSR count). The Labute approximate surface area is 153 Å². The molecule has 2 saturated heterocycles. The molecule has 3 heterocycles. The van der Waals surface area contributed by atoms with Gasteiger partial charge in [-0.25, -0.2) is 13.2 Å². The van der Waals surface area contributed by atoms with Crippen LogP contribution in [0.5, 0.6) is 0 Å². The van der Waals surface area contributed by atoms with Gasteiger partial charge in [0.2, 0.25) is 0 Å². The third-order valence-corrected chi connectivity index (χ3v) is 6.60. The molecule has 0 radical (unpaired) electrons. The van der Waals surface area contributed by atoms with Crippen LogP contribution < -0.4 is 0 Å². The summed E-state index contributed by atoms with van der Waals surface area (Å²) in [6, 6.07) is 0. The fraction of sp³-hybridized carbons (Fsp3) is 0.750. The zero-order chi connectivity index (χ0) is 18.6. The van der Waals surface area contributed by atoms with Crippen LogP contribution in [0.2, 0.25) is 0 Å². The molecule has 0 saturated carbocycles. The summed E-state index contributed by atoms with van der Waals surface area (Å²) >= 11 is 0. The van der Waals surface area contributed by atoms with E-state index in [1.54, 1.807) is 6.92 Å². The molecular formula is C16H26N4O5S. The van der Waals surface area contributed by atoms with Crippen molar-refractivity contribution in [2.45, 2.75) is 37.3 Å². The maximum atomic E-state index is 13.0. The first-order valence-electron chi connectivity index (χ1n) is 9.07. The van der Waals surface area contributed by atoms with Crippen LogP contribution in [0, 0.1) is 0 Å². The molecule has 1 atom stereocenters. The van der Waals surface area contributed by atoms with Gasteiger partial charge < -0.3 is 9.47 Å². The van der Waals surface area contributed by atoms with E-state index in [0.29, 0.717) is 19.6 Å². The fourth-order valence-electron chi connectivity index (χ4n) is 3.40. The Morgan fingerprint density at radius 1 is 1.35 bits per heavy atom. The van der Waals surface area contributed by atoms with Crippen molar-refractivity contribution in [3.05, 3.63) is 11.8 Å². The van der Waals surface area contributed by atoms with Crippen molar-refractivity contribution in [2.75, 3.05) is 45.9 Å². The molecule has 146 valence electrons. The Hall–Kier alpha value is -1.49. The van der Waals surface area contributed by atoms with Gasteiger partial charge in [0.25, 0.3) is 10.0 Å². The highest BCUT2D eigenvalue weighted by molar-refractivity contribution is 7.89. The largest absolute Gasteiger partial charge is 0.462 e. The number of esters is 1. The second-order valence-electron chi connectivity index (χ2n) is 6.53. The highest BCUT2D eigenvalue weighted by Gasteiger charge is 2.33. The lowest BCUT2D eigenvalue weighted by Gasteiger charge is -2.23. The van der Waals surface area contributed by atoms with Gasteiger partial charge in [0.05, 0.1) is 18.9 Å². The van der Waals surface area contributed by atoms with Crippen molar-refractivity contribution in [3.63, 3.8) is 0 Å². The topological polar surface area (TPSA) is 105 Å². The minimum atomic E-state index is -3.83. The zero-order valence-electron chi connectivity index (χ0n) is 15.0. The molecule has 1 aromatic rings. The van der Waals surface area contributed by atoms with Crippen LogP contribution in [0.4, 0.5) is 0 Å². The molecule has 2 fully saturated rings. The minimum Gasteiger partial charge on any atom is -0.462 e. The molecule has 9 nitrogen and oxygen atoms in total. The lowest BCUT2D eigenvalue weighted by atomic mass is 10.2. The van der Waals surface area contributed by atoms with Crippen LogP contribution in [0.25, 0.3) is 0 Å². The quantitative estimate of drug-likeness (QED) is 0.708. The van der Waals surface area contributed by atoms with Crippen molar-refractivity contribution in [1.82, 2.24) is 19.4 Å². The highest BCUT2D eigenvalue weighted by Crippen LogP contribution is 2.21. The summed E-state index contributed by atoms with van der Waals surface area (Å²) in [5, 5.41) is 6.00. The van der Waals surface area contributed by atoms with Gasteiger partial charge in [-0.1, -0.05) is 0 Å². The molecule has 26 heavy (non-hydrogen) atoms. The normalized spacial score (nSPS) is 23.0. The van der Waals surface area contributed by atoms with Gasteiger partial charge in [-0.15, -0.1) is 0 Å². The predicted octanol–water partition coefficient (Wildman–Crippen LogP) is 0.462. The van der Waals surface area contributed by atoms with E-state index in [1.807, 2.05) is 0 Å². The number of carbonyl (C=O) groups is 1. The molecule has 0 aliphatic carbocycles. The number of aromatic amines is 1. The van der Waals surface area contributed by atoms with E-state index in [9.17, 15) is 13.2 Å². The number of hydrogen-bond donors (Lipinski definition) is 1. The number of nitrogens with one attached hydrogen (secondary N) is 1. The summed E-state index contributed by atoms with van der Waals surface area (Å²) in [4.78, 5) is 14.2. The summed E-state index contributed by atoms with van der Waals surface area (Å²) in [6.07, 6.45) is 4.34. The third-order valence-electron chi connectivity index (χ3n) is 4.73. The number of hydrogen-bond acceptors (Lipinski definition) is 7. The molecule has 1 N–H and O–H groups in total. The van der Waals surface area contributed by atoms with Gasteiger partial charge in [0.1, 0.15) is 5.56 Å². The zero-order valence-corrected chi connectivity index (χ0v) is 15.8. The minimum absolute atomic E-state index is 0.0488. The molecule has 0 amide bonds. The lowest BCUT2D eigenvalue weighted by molar-refractivity contribution is 0.0521. The van der Waals surface area contributed by atoms with Crippen molar-refractivity contribution in [1.29, 1.82) is 0 Å². The maximum Gasteiger partial charge on any atom is 0.342 e. The molecule has 1 unspecified atom stereocenters. The predicted molar refractivity (Wildman–Crippen MR) is 93.3 cm³/mol. The van der Waals surface area contributed by atoms with Crippen molar-refractivity contribution in [2.24, 2.45) is 0 Å². The van der Waals surface area contributed by atoms with Gasteiger partial charge >= 0.3 is 5.97 Å². The number of H-pyrrole nitrogens is 1. The third kappa shape index (κ3) is 4.25. The highest BCUT2D eigenvalue weighted by atomic mass is 32.2. The average molecular weight is 386 g/mol. The smallest absolute Gasteiger partial charge is 0.342 e. The molecule has 10 heteroatoms. The standard InChI is InChI=1S/C16H26N4O5S/c1-2-24-16(21)14-11-17-18-15(14)26(22,23)20-7-4-6-19(8-9-20)12-13-5-3-10-25-13/h11,13H,2-10,12H2,1H3,(H,17,18). The Morgan fingerprint density at radius 3 is 2.92 bits per heavy atom. The van der Waals surface area contributed by atoms with Crippen molar-refractivity contribution < 1.29 is 22.7 Å². The number of aromatic nitrogens is 2. The number of rotatable bonds is 6.